The van der Waals surface area contributed by atoms with E-state index < -0.39 is 0 Å². The van der Waals surface area contributed by atoms with E-state index in [1.54, 1.807) is 0 Å². The van der Waals surface area contributed by atoms with Gasteiger partial charge in [0.1, 0.15) is 0 Å². The Labute approximate surface area is 84.4 Å². The molecule has 0 bridgehead atoms. The molecular formula is C10H9BrS. The molecule has 0 radical (unpaired) electrons. The molecule has 0 fully saturated rings. The molecule has 0 amide bonds. The van der Waals surface area contributed by atoms with Gasteiger partial charge in [-0.25, -0.2) is 0 Å². The molecule has 1 heterocycles. The lowest BCUT2D eigenvalue weighted by Gasteiger charge is -1.98. The average Bonchev–Trinajstić information content (AvgIpc) is 2.41. The van der Waals surface area contributed by atoms with Crippen LogP contribution >= 0.6 is 27.3 Å². The molecule has 0 unspecified atom stereocenters. The zero-order valence-electron chi connectivity index (χ0n) is 7.02. The Balaban J connectivity index is 2.93. The second kappa shape index (κ2) is 2.86. The summed E-state index contributed by atoms with van der Waals surface area (Å²) in [5, 5.41) is 3.58. The van der Waals surface area contributed by atoms with E-state index in [4.69, 9.17) is 0 Å². The van der Waals surface area contributed by atoms with E-state index in [-0.39, 0.29) is 0 Å². The van der Waals surface area contributed by atoms with E-state index >= 15 is 0 Å². The Hall–Kier alpha value is -0.340. The molecule has 12 heavy (non-hydrogen) atoms. The molecule has 2 aromatic rings. The molecule has 0 nitrogen and oxygen atoms in total. The minimum Gasteiger partial charge on any atom is -0.142 e. The Bertz CT molecular complexity index is 429. The van der Waals surface area contributed by atoms with Crippen LogP contribution in [-0.2, 0) is 0 Å². The third-order valence-electron chi connectivity index (χ3n) is 2.07. The zero-order valence-corrected chi connectivity index (χ0v) is 9.42. The molecule has 0 saturated carbocycles. The number of aryl methyl sites for hydroxylation is 2. The zero-order chi connectivity index (χ0) is 8.72. The first-order valence-corrected chi connectivity index (χ1v) is 5.50. The van der Waals surface area contributed by atoms with Gasteiger partial charge in [0.15, 0.2) is 0 Å². The highest BCUT2D eigenvalue weighted by Crippen LogP contribution is 2.33. The van der Waals surface area contributed by atoms with Crippen LogP contribution in [0.4, 0.5) is 0 Å². The number of thiophene rings is 1. The molecule has 2 rings (SSSR count). The third-order valence-corrected chi connectivity index (χ3v) is 4.48. The highest BCUT2D eigenvalue weighted by molar-refractivity contribution is 9.10. The maximum absolute atomic E-state index is 3.60. The number of halogens is 1. The highest BCUT2D eigenvalue weighted by Gasteiger charge is 2.04. The quantitative estimate of drug-likeness (QED) is 0.645. The van der Waals surface area contributed by atoms with Crippen molar-refractivity contribution in [3.63, 3.8) is 0 Å². The van der Waals surface area contributed by atoms with Gasteiger partial charge in [-0.2, -0.15) is 0 Å². The van der Waals surface area contributed by atoms with Gasteiger partial charge in [-0.15, -0.1) is 11.3 Å². The molecular weight excluding hydrogens is 232 g/mol. The van der Waals surface area contributed by atoms with Crippen molar-refractivity contribution in [2.45, 2.75) is 13.8 Å². The molecule has 0 saturated heterocycles. The Morgan fingerprint density at radius 3 is 2.67 bits per heavy atom. The molecule has 62 valence electrons. The van der Waals surface area contributed by atoms with E-state index in [0.29, 0.717) is 0 Å². The molecule has 0 atom stereocenters. The minimum absolute atomic E-state index is 1.25. The normalized spacial score (nSPS) is 10.9. The fraction of sp³-hybridized carbons (Fsp3) is 0.200. The molecule has 0 spiro atoms. The first-order chi connectivity index (χ1) is 5.70. The molecule has 0 aliphatic carbocycles. The van der Waals surface area contributed by atoms with E-state index in [0.717, 1.165) is 0 Å². The van der Waals surface area contributed by atoms with Crippen LogP contribution in [-0.4, -0.2) is 0 Å². The van der Waals surface area contributed by atoms with E-state index in [2.05, 4.69) is 47.3 Å². The molecule has 0 aliphatic heterocycles. The number of hydrogen-bond acceptors (Lipinski definition) is 1. The van der Waals surface area contributed by atoms with Gasteiger partial charge in [0.2, 0.25) is 0 Å². The van der Waals surface area contributed by atoms with Gasteiger partial charge in [0.25, 0.3) is 0 Å². The van der Waals surface area contributed by atoms with Crippen molar-refractivity contribution >= 4 is 37.4 Å². The van der Waals surface area contributed by atoms with Crippen LogP contribution in [0.3, 0.4) is 0 Å². The summed E-state index contributed by atoms with van der Waals surface area (Å²) in [6, 6.07) is 4.35. The summed E-state index contributed by atoms with van der Waals surface area (Å²) >= 11 is 5.41. The Kier molecular flexibility index (Phi) is 1.97. The van der Waals surface area contributed by atoms with Crippen LogP contribution in [0.5, 0.6) is 0 Å². The Morgan fingerprint density at radius 1 is 1.17 bits per heavy atom. The van der Waals surface area contributed by atoms with E-state index in [1.807, 2.05) is 11.3 Å². The lowest BCUT2D eigenvalue weighted by Crippen LogP contribution is -1.75. The van der Waals surface area contributed by atoms with Crippen LogP contribution in [0, 0.1) is 13.8 Å². The monoisotopic (exact) mass is 240 g/mol. The second-order valence-corrected chi connectivity index (χ2v) is 4.66. The standard InChI is InChI=1S/C10H9BrS/c1-6-3-4-8-7(2)5-12-10(8)9(6)11/h3-5H,1-2H3. The largest absolute Gasteiger partial charge is 0.142 e. The van der Waals surface area contributed by atoms with Crippen LogP contribution in [0.2, 0.25) is 0 Å². The summed E-state index contributed by atoms with van der Waals surface area (Å²) in [6.07, 6.45) is 0. The summed E-state index contributed by atoms with van der Waals surface area (Å²) < 4.78 is 2.62. The molecule has 0 N–H and O–H groups in total. The third kappa shape index (κ3) is 1.10. The highest BCUT2D eigenvalue weighted by atomic mass is 79.9. The fourth-order valence-corrected chi connectivity index (χ4v) is 2.96. The van der Waals surface area contributed by atoms with Crippen molar-refractivity contribution in [2.24, 2.45) is 0 Å². The average molecular weight is 241 g/mol. The second-order valence-electron chi connectivity index (χ2n) is 2.99. The van der Waals surface area contributed by atoms with Gasteiger partial charge in [-0.1, -0.05) is 12.1 Å². The van der Waals surface area contributed by atoms with E-state index in [1.165, 1.54) is 25.7 Å². The maximum atomic E-state index is 3.60. The van der Waals surface area contributed by atoms with Gasteiger partial charge in [-0.05, 0) is 51.7 Å². The van der Waals surface area contributed by atoms with Crippen molar-refractivity contribution in [1.82, 2.24) is 0 Å². The van der Waals surface area contributed by atoms with Crippen LogP contribution in [0.15, 0.2) is 22.0 Å². The van der Waals surface area contributed by atoms with Crippen molar-refractivity contribution in [1.29, 1.82) is 0 Å². The summed E-state index contributed by atoms with van der Waals surface area (Å²) in [5.41, 5.74) is 2.68. The molecule has 1 aromatic heterocycles. The van der Waals surface area contributed by atoms with Crippen molar-refractivity contribution in [3.05, 3.63) is 33.1 Å². The minimum atomic E-state index is 1.25. The number of fused-ring (bicyclic) bond motifs is 1. The fourth-order valence-electron chi connectivity index (χ4n) is 1.29. The van der Waals surface area contributed by atoms with Crippen molar-refractivity contribution < 1.29 is 0 Å². The van der Waals surface area contributed by atoms with E-state index in [9.17, 15) is 0 Å². The number of rotatable bonds is 0. The van der Waals surface area contributed by atoms with Gasteiger partial charge >= 0.3 is 0 Å². The van der Waals surface area contributed by atoms with Crippen LogP contribution < -0.4 is 0 Å². The smallest absolute Gasteiger partial charge is 0.0490 e. The number of hydrogen-bond donors (Lipinski definition) is 0. The lowest BCUT2D eigenvalue weighted by atomic mass is 10.1. The van der Waals surface area contributed by atoms with Crippen LogP contribution in [0.25, 0.3) is 10.1 Å². The molecule has 2 heteroatoms. The predicted molar refractivity (Wildman–Crippen MR) is 59.0 cm³/mol. The van der Waals surface area contributed by atoms with Crippen molar-refractivity contribution in [3.8, 4) is 0 Å². The SMILES string of the molecule is Cc1ccc2c(C)csc2c1Br. The first-order valence-electron chi connectivity index (χ1n) is 3.83. The lowest BCUT2D eigenvalue weighted by molar-refractivity contribution is 1.47. The Morgan fingerprint density at radius 2 is 1.92 bits per heavy atom. The van der Waals surface area contributed by atoms with Crippen molar-refractivity contribution in [2.75, 3.05) is 0 Å². The summed E-state index contributed by atoms with van der Waals surface area (Å²) in [4.78, 5) is 0. The predicted octanol–water partition coefficient (Wildman–Crippen LogP) is 4.28. The van der Waals surface area contributed by atoms with Gasteiger partial charge in [0.05, 0.1) is 0 Å². The summed E-state index contributed by atoms with van der Waals surface area (Å²) in [5.74, 6) is 0. The van der Waals surface area contributed by atoms with Gasteiger partial charge in [-0.3, -0.25) is 0 Å². The topological polar surface area (TPSA) is 0 Å². The number of benzene rings is 1. The summed E-state index contributed by atoms with van der Waals surface area (Å²) in [6.45, 7) is 4.28. The van der Waals surface area contributed by atoms with Gasteiger partial charge in [0, 0.05) is 9.17 Å². The first kappa shape index (κ1) is 8.27. The molecule has 1 aromatic carbocycles. The molecule has 0 aliphatic rings. The maximum Gasteiger partial charge on any atom is 0.0490 e. The van der Waals surface area contributed by atoms with Crippen LogP contribution in [0.1, 0.15) is 11.1 Å². The summed E-state index contributed by atoms with van der Waals surface area (Å²) in [7, 11) is 0. The van der Waals surface area contributed by atoms with Gasteiger partial charge < -0.3 is 0 Å².